The molecule has 3 atom stereocenters. The van der Waals surface area contributed by atoms with Gasteiger partial charge in [-0.1, -0.05) is 6.08 Å². The summed E-state index contributed by atoms with van der Waals surface area (Å²) in [5.41, 5.74) is 0.265. The van der Waals surface area contributed by atoms with Crippen LogP contribution < -0.4 is 10.2 Å². The summed E-state index contributed by atoms with van der Waals surface area (Å²) in [7, 11) is 2.00. The number of hydrogen-bond donors (Lipinski definition) is 1. The van der Waals surface area contributed by atoms with Crippen LogP contribution >= 0.6 is 0 Å². The van der Waals surface area contributed by atoms with Gasteiger partial charge in [0.15, 0.2) is 5.89 Å². The number of aryl methyl sites for hydroxylation is 1. The topological polar surface area (TPSA) is 94.3 Å². The van der Waals surface area contributed by atoms with Gasteiger partial charge in [0.1, 0.15) is 17.5 Å². The van der Waals surface area contributed by atoms with Gasteiger partial charge < -0.3 is 14.6 Å². The minimum absolute atomic E-state index is 0.103. The van der Waals surface area contributed by atoms with Crippen molar-refractivity contribution in [2.24, 2.45) is 10.9 Å². The minimum atomic E-state index is -4.91. The molecule has 2 aromatic rings. The van der Waals surface area contributed by atoms with Gasteiger partial charge in [0.25, 0.3) is 5.91 Å². The van der Waals surface area contributed by atoms with Crippen molar-refractivity contribution in [3.63, 3.8) is 0 Å². The van der Waals surface area contributed by atoms with Gasteiger partial charge in [0, 0.05) is 63.0 Å². The summed E-state index contributed by atoms with van der Waals surface area (Å²) in [4.78, 5) is 38.7. The first-order chi connectivity index (χ1) is 20.3. The standard InChI is InChI=1S/C30H34F4N6O3/c1-17-14-40(15-18(2)38(17)4)27-11-25(31)22(20-5-7-39(8-6-20)16-21-12-35-19(3)43-21)9-26(27)37-29(42)23-13-36-28(41)10-24(23)30(32,33)34/h5,9-13,17-18,23H,6-8,14-16H2,1-4H3,(H,37,42)/t17-,18+,23?. The molecule has 1 saturated heterocycles. The number of dihydropyridines is 1. The van der Waals surface area contributed by atoms with E-state index in [9.17, 15) is 22.8 Å². The van der Waals surface area contributed by atoms with Gasteiger partial charge >= 0.3 is 6.18 Å². The molecule has 230 valence electrons. The summed E-state index contributed by atoms with van der Waals surface area (Å²) in [6.45, 7) is 8.56. The average molecular weight is 603 g/mol. The van der Waals surface area contributed by atoms with Crippen LogP contribution in [0, 0.1) is 18.7 Å². The number of piperazine rings is 1. The molecule has 9 nitrogen and oxygen atoms in total. The number of anilines is 2. The molecule has 0 spiro atoms. The highest BCUT2D eigenvalue weighted by molar-refractivity contribution is 6.11. The van der Waals surface area contributed by atoms with Crippen molar-refractivity contribution in [1.82, 2.24) is 14.8 Å². The van der Waals surface area contributed by atoms with Crippen molar-refractivity contribution in [3.8, 4) is 0 Å². The minimum Gasteiger partial charge on any atom is -0.445 e. The van der Waals surface area contributed by atoms with E-state index >= 15 is 4.39 Å². The van der Waals surface area contributed by atoms with Gasteiger partial charge in [-0.15, -0.1) is 0 Å². The lowest BCUT2D eigenvalue weighted by Gasteiger charge is -2.44. The third-order valence-corrected chi connectivity index (χ3v) is 8.31. The molecule has 0 aliphatic carbocycles. The number of benzene rings is 1. The van der Waals surface area contributed by atoms with E-state index in [4.69, 9.17) is 4.42 Å². The Bertz CT molecular complexity index is 1490. The Kier molecular flexibility index (Phi) is 8.57. The average Bonchev–Trinajstić information content (AvgIpc) is 3.36. The Morgan fingerprint density at radius 1 is 1.19 bits per heavy atom. The van der Waals surface area contributed by atoms with Crippen LogP contribution in [0.25, 0.3) is 5.57 Å². The van der Waals surface area contributed by atoms with Gasteiger partial charge in [0.2, 0.25) is 5.91 Å². The van der Waals surface area contributed by atoms with Crippen molar-refractivity contribution in [2.45, 2.75) is 52.0 Å². The van der Waals surface area contributed by atoms with Gasteiger partial charge in [0.05, 0.1) is 29.7 Å². The predicted molar refractivity (Wildman–Crippen MR) is 154 cm³/mol. The number of aromatic nitrogens is 1. The third kappa shape index (κ3) is 6.72. The summed E-state index contributed by atoms with van der Waals surface area (Å²) in [5, 5.41) is 2.62. The molecule has 3 aliphatic heterocycles. The van der Waals surface area contributed by atoms with Gasteiger partial charge in [-0.2, -0.15) is 13.2 Å². The number of alkyl halides is 3. The van der Waals surface area contributed by atoms with E-state index in [1.165, 1.54) is 12.1 Å². The molecule has 1 aromatic heterocycles. The van der Waals surface area contributed by atoms with Gasteiger partial charge in [-0.3, -0.25) is 19.4 Å². The second-order valence-corrected chi connectivity index (χ2v) is 11.4. The smallest absolute Gasteiger partial charge is 0.414 e. The molecule has 0 saturated carbocycles. The fourth-order valence-corrected chi connectivity index (χ4v) is 5.74. The zero-order valence-corrected chi connectivity index (χ0v) is 24.4. The normalized spacial score (nSPS) is 23.8. The van der Waals surface area contributed by atoms with E-state index in [-0.39, 0.29) is 23.3 Å². The number of halogens is 4. The van der Waals surface area contributed by atoms with Crippen molar-refractivity contribution < 1.29 is 31.6 Å². The lowest BCUT2D eigenvalue weighted by Crippen LogP contribution is -2.55. The van der Waals surface area contributed by atoms with E-state index < -0.39 is 35.3 Å². The fourth-order valence-electron chi connectivity index (χ4n) is 5.74. The number of amides is 2. The molecule has 43 heavy (non-hydrogen) atoms. The number of rotatable bonds is 6. The van der Waals surface area contributed by atoms with E-state index in [2.05, 4.69) is 25.1 Å². The third-order valence-electron chi connectivity index (χ3n) is 8.31. The van der Waals surface area contributed by atoms with Crippen LogP contribution in [0.3, 0.4) is 0 Å². The van der Waals surface area contributed by atoms with Crippen LogP contribution in [0.4, 0.5) is 28.9 Å². The van der Waals surface area contributed by atoms with Gasteiger partial charge in [-0.25, -0.2) is 14.4 Å². The SMILES string of the molecule is Cc1ncc(CN2CC=C(c3cc(NC(=O)C4C=NC(=O)C=C4C(F)(F)F)c(N4C[C@@H](C)N(C)[C@@H](C)C4)cc3F)CC2)o1. The van der Waals surface area contributed by atoms with Crippen LogP contribution in [-0.2, 0) is 16.1 Å². The second-order valence-electron chi connectivity index (χ2n) is 11.4. The zero-order chi connectivity index (χ0) is 31.1. The van der Waals surface area contributed by atoms with Crippen LogP contribution in [-0.4, -0.2) is 84.3 Å². The molecule has 1 fully saturated rings. The van der Waals surface area contributed by atoms with Crippen LogP contribution in [0.2, 0.25) is 0 Å². The maximum atomic E-state index is 15.8. The molecular weight excluding hydrogens is 568 g/mol. The van der Waals surface area contributed by atoms with Crippen molar-refractivity contribution in [3.05, 3.63) is 59.1 Å². The summed E-state index contributed by atoms with van der Waals surface area (Å²) >= 11 is 0. The van der Waals surface area contributed by atoms with Crippen LogP contribution in [0.5, 0.6) is 0 Å². The molecule has 0 radical (unpaired) electrons. The summed E-state index contributed by atoms with van der Waals surface area (Å²) in [6, 6.07) is 3.05. The van der Waals surface area contributed by atoms with Crippen LogP contribution in [0.1, 0.15) is 37.5 Å². The van der Waals surface area contributed by atoms with Crippen LogP contribution in [0.15, 0.2) is 45.5 Å². The molecule has 1 unspecified atom stereocenters. The van der Waals surface area contributed by atoms with Crippen molar-refractivity contribution in [1.29, 1.82) is 0 Å². The molecule has 13 heteroatoms. The highest BCUT2D eigenvalue weighted by Gasteiger charge is 2.43. The van der Waals surface area contributed by atoms with E-state index in [0.29, 0.717) is 63.0 Å². The lowest BCUT2D eigenvalue weighted by molar-refractivity contribution is -0.124. The number of likely N-dealkylation sites (N-methyl/N-ethyl adjacent to an activating group) is 1. The quantitative estimate of drug-likeness (QED) is 0.484. The molecule has 1 N–H and O–H groups in total. The van der Waals surface area contributed by atoms with E-state index in [1.807, 2.05) is 31.9 Å². The first kappa shape index (κ1) is 30.6. The Balaban J connectivity index is 1.46. The molecule has 2 amide bonds. The Labute approximate surface area is 246 Å². The highest BCUT2D eigenvalue weighted by Crippen LogP contribution is 2.38. The number of oxazole rings is 1. The zero-order valence-electron chi connectivity index (χ0n) is 24.4. The molecule has 5 rings (SSSR count). The Hall–Kier alpha value is -3.84. The monoisotopic (exact) mass is 602 g/mol. The Morgan fingerprint density at radius 3 is 2.51 bits per heavy atom. The number of aliphatic imine (C=N–C) groups is 1. The van der Waals surface area contributed by atoms with Crippen molar-refractivity contribution >= 4 is 35.0 Å². The maximum absolute atomic E-state index is 15.8. The molecule has 4 heterocycles. The van der Waals surface area contributed by atoms with Gasteiger partial charge in [-0.05, 0) is 45.0 Å². The molecule has 0 bridgehead atoms. The lowest BCUT2D eigenvalue weighted by atomic mass is 9.95. The number of carbonyl (C=O) groups excluding carboxylic acids is 2. The first-order valence-corrected chi connectivity index (χ1v) is 14.1. The van der Waals surface area contributed by atoms with E-state index in [0.717, 1.165) is 11.3 Å². The largest absolute Gasteiger partial charge is 0.445 e. The maximum Gasteiger partial charge on any atom is 0.414 e. The molecule has 1 aromatic carbocycles. The Morgan fingerprint density at radius 2 is 1.91 bits per heavy atom. The number of nitrogens with zero attached hydrogens (tertiary/aromatic N) is 5. The number of hydrogen-bond acceptors (Lipinski definition) is 7. The predicted octanol–water partition coefficient (Wildman–Crippen LogP) is 4.59. The fraction of sp³-hybridized carbons (Fsp3) is 0.467. The highest BCUT2D eigenvalue weighted by atomic mass is 19.4. The van der Waals surface area contributed by atoms with Crippen molar-refractivity contribution in [2.75, 3.05) is 43.4 Å². The summed E-state index contributed by atoms with van der Waals surface area (Å²) in [5.74, 6) is -3.11. The second kappa shape index (κ2) is 12.0. The summed E-state index contributed by atoms with van der Waals surface area (Å²) in [6.07, 6.45) is 0.224. The van der Waals surface area contributed by atoms with E-state index in [1.54, 1.807) is 13.1 Å². The number of carbonyl (C=O) groups is 2. The number of nitrogens with one attached hydrogen (secondary N) is 1. The molecular formula is C30H34F4N6O3. The summed E-state index contributed by atoms with van der Waals surface area (Å²) < 4.78 is 62.6. The molecule has 3 aliphatic rings. The first-order valence-electron chi connectivity index (χ1n) is 14.1.